The first-order valence-corrected chi connectivity index (χ1v) is 9.31. The third kappa shape index (κ3) is 2.65. The van der Waals surface area contributed by atoms with E-state index in [4.69, 9.17) is 23.7 Å². The molecule has 5 nitrogen and oxygen atoms in total. The van der Waals surface area contributed by atoms with Gasteiger partial charge in [0.2, 0.25) is 0 Å². The van der Waals surface area contributed by atoms with E-state index in [0.717, 1.165) is 38.0 Å². The lowest BCUT2D eigenvalue weighted by Gasteiger charge is -2.52. The maximum Gasteiger partial charge on any atom is 0.171 e. The molecule has 2 unspecified atom stereocenters. The monoisotopic (exact) mass is 324 g/mol. The van der Waals surface area contributed by atoms with Crippen molar-refractivity contribution in [3.8, 4) is 0 Å². The average Bonchev–Trinajstić information content (AvgIpc) is 3.35. The molecule has 0 aromatic heterocycles. The summed E-state index contributed by atoms with van der Waals surface area (Å²) in [5, 5.41) is 0. The van der Waals surface area contributed by atoms with Crippen LogP contribution in [0.5, 0.6) is 0 Å². The van der Waals surface area contributed by atoms with E-state index >= 15 is 0 Å². The molecule has 23 heavy (non-hydrogen) atoms. The average molecular weight is 324 g/mol. The van der Waals surface area contributed by atoms with Gasteiger partial charge in [-0.2, -0.15) is 0 Å². The molecule has 0 radical (unpaired) electrons. The molecule has 0 amide bonds. The van der Waals surface area contributed by atoms with Crippen LogP contribution in [0.3, 0.4) is 0 Å². The van der Waals surface area contributed by atoms with Gasteiger partial charge in [-0.3, -0.25) is 0 Å². The Hall–Kier alpha value is -0.200. The van der Waals surface area contributed by atoms with Gasteiger partial charge in [0.1, 0.15) is 0 Å². The van der Waals surface area contributed by atoms with Gasteiger partial charge < -0.3 is 23.7 Å². The molecule has 2 aliphatic carbocycles. The molecular formula is C18H28O5. The van der Waals surface area contributed by atoms with Crippen LogP contribution in [0.25, 0.3) is 0 Å². The summed E-state index contributed by atoms with van der Waals surface area (Å²) in [7, 11) is 0. The van der Waals surface area contributed by atoms with Gasteiger partial charge in [-0.15, -0.1) is 0 Å². The summed E-state index contributed by atoms with van der Waals surface area (Å²) < 4.78 is 30.6. The largest absolute Gasteiger partial charge is 0.369 e. The van der Waals surface area contributed by atoms with E-state index in [9.17, 15) is 0 Å². The maximum absolute atomic E-state index is 6.25. The van der Waals surface area contributed by atoms with Gasteiger partial charge in [-0.1, -0.05) is 6.92 Å². The lowest BCUT2D eigenvalue weighted by molar-refractivity contribution is -0.376. The molecule has 5 aliphatic rings. The van der Waals surface area contributed by atoms with Gasteiger partial charge in [0.05, 0.1) is 44.1 Å². The molecular weight excluding hydrogens is 296 g/mol. The molecule has 2 saturated carbocycles. The zero-order chi connectivity index (χ0) is 15.5. The number of ether oxygens (including phenoxy) is 5. The first kappa shape index (κ1) is 15.1. The molecule has 5 fully saturated rings. The zero-order valence-electron chi connectivity index (χ0n) is 14.1. The lowest BCUT2D eigenvalue weighted by atomic mass is 9.83. The highest BCUT2D eigenvalue weighted by atomic mass is 16.7. The molecule has 3 spiro atoms. The van der Waals surface area contributed by atoms with Gasteiger partial charge in [0, 0.05) is 25.7 Å². The van der Waals surface area contributed by atoms with Crippen molar-refractivity contribution in [2.75, 3.05) is 26.4 Å². The molecule has 130 valence electrons. The van der Waals surface area contributed by atoms with Crippen molar-refractivity contribution in [1.29, 1.82) is 0 Å². The molecule has 0 bridgehead atoms. The summed E-state index contributed by atoms with van der Waals surface area (Å²) in [4.78, 5) is 0. The molecule has 0 aromatic carbocycles. The van der Waals surface area contributed by atoms with E-state index in [2.05, 4.69) is 6.92 Å². The first-order valence-electron chi connectivity index (χ1n) is 9.31. The van der Waals surface area contributed by atoms with Crippen LogP contribution in [-0.4, -0.2) is 50.2 Å². The van der Waals surface area contributed by atoms with Crippen molar-refractivity contribution in [3.05, 3.63) is 0 Å². The summed E-state index contributed by atoms with van der Waals surface area (Å²) >= 11 is 0. The second-order valence-electron chi connectivity index (χ2n) is 8.61. The smallest absolute Gasteiger partial charge is 0.171 e. The molecule has 0 aromatic rings. The van der Waals surface area contributed by atoms with Crippen LogP contribution in [-0.2, 0) is 23.7 Å². The Balaban J connectivity index is 1.19. The molecule has 3 aliphatic heterocycles. The topological polar surface area (TPSA) is 49.5 Å². The Morgan fingerprint density at radius 1 is 0.696 bits per heavy atom. The van der Waals surface area contributed by atoms with E-state index in [1.54, 1.807) is 0 Å². The number of hydrogen-bond acceptors (Lipinski definition) is 5. The Bertz CT molecular complexity index is 450. The van der Waals surface area contributed by atoms with Crippen molar-refractivity contribution >= 4 is 0 Å². The molecule has 3 heterocycles. The van der Waals surface area contributed by atoms with Gasteiger partial charge in [0.25, 0.3) is 0 Å². The third-order valence-corrected chi connectivity index (χ3v) is 6.61. The first-order chi connectivity index (χ1) is 11.1. The summed E-state index contributed by atoms with van der Waals surface area (Å²) in [5.41, 5.74) is -0.124. The molecule has 5 rings (SSSR count). The van der Waals surface area contributed by atoms with Crippen molar-refractivity contribution in [3.63, 3.8) is 0 Å². The van der Waals surface area contributed by atoms with Crippen molar-refractivity contribution in [2.24, 2.45) is 11.3 Å². The minimum atomic E-state index is -0.404. The van der Waals surface area contributed by atoms with Crippen LogP contribution in [0, 0.1) is 11.3 Å². The fourth-order valence-electron chi connectivity index (χ4n) is 4.61. The van der Waals surface area contributed by atoms with E-state index in [-0.39, 0.29) is 11.2 Å². The summed E-state index contributed by atoms with van der Waals surface area (Å²) in [6.45, 7) is 5.06. The van der Waals surface area contributed by atoms with Crippen LogP contribution in [0.4, 0.5) is 0 Å². The number of rotatable bonds is 0. The van der Waals surface area contributed by atoms with Crippen LogP contribution in [0.1, 0.15) is 51.9 Å². The highest BCUT2D eigenvalue weighted by molar-refractivity contribution is 4.99. The summed E-state index contributed by atoms with van der Waals surface area (Å²) in [6, 6.07) is 0. The summed E-state index contributed by atoms with van der Waals surface area (Å²) in [5.74, 6) is 0.0650. The predicted octanol–water partition coefficient (Wildman–Crippen LogP) is 2.62. The summed E-state index contributed by atoms with van der Waals surface area (Å²) in [6.07, 6.45) is 8.18. The van der Waals surface area contributed by atoms with Crippen LogP contribution < -0.4 is 0 Å². The third-order valence-electron chi connectivity index (χ3n) is 6.61. The van der Waals surface area contributed by atoms with Crippen LogP contribution in [0.2, 0.25) is 0 Å². The van der Waals surface area contributed by atoms with Crippen molar-refractivity contribution < 1.29 is 23.7 Å². The maximum atomic E-state index is 6.25. The minimum Gasteiger partial charge on any atom is -0.369 e. The highest BCUT2D eigenvalue weighted by Gasteiger charge is 2.56. The standard InChI is InChI=1S/C18H28O5/c1-13-2-5-17(6-3-13)19-9-16(10-20-17)11-21-18(22-12-16)7-4-14-15(8-18)23-14/h13-15H,2-12H2,1H3. The van der Waals surface area contributed by atoms with Gasteiger partial charge >= 0.3 is 0 Å². The number of hydrogen-bond donors (Lipinski definition) is 0. The molecule has 5 heteroatoms. The Kier molecular flexibility index (Phi) is 3.38. The normalized spacial score (nSPS) is 56.0. The molecule has 0 N–H and O–H groups in total. The van der Waals surface area contributed by atoms with Crippen molar-refractivity contribution in [1.82, 2.24) is 0 Å². The predicted molar refractivity (Wildman–Crippen MR) is 81.8 cm³/mol. The number of epoxide rings is 1. The second kappa shape index (κ2) is 5.15. The fraction of sp³-hybridized carbons (Fsp3) is 1.00. The lowest BCUT2D eigenvalue weighted by Crippen LogP contribution is -2.60. The Morgan fingerprint density at radius 3 is 1.87 bits per heavy atom. The quantitative estimate of drug-likeness (QED) is 0.641. The Morgan fingerprint density at radius 2 is 1.26 bits per heavy atom. The SMILES string of the molecule is CC1CCC2(CC1)OCC1(CO2)COC2(CCC3OC3C2)OC1. The van der Waals surface area contributed by atoms with Gasteiger partial charge in [0.15, 0.2) is 11.6 Å². The van der Waals surface area contributed by atoms with Crippen LogP contribution >= 0.6 is 0 Å². The highest BCUT2D eigenvalue weighted by Crippen LogP contribution is 2.49. The van der Waals surface area contributed by atoms with E-state index in [1.807, 2.05) is 0 Å². The minimum absolute atomic E-state index is 0.124. The molecule has 3 saturated heterocycles. The van der Waals surface area contributed by atoms with E-state index in [0.29, 0.717) is 38.6 Å². The zero-order valence-corrected chi connectivity index (χ0v) is 14.1. The second-order valence-corrected chi connectivity index (χ2v) is 8.61. The van der Waals surface area contributed by atoms with Crippen molar-refractivity contribution in [2.45, 2.75) is 75.7 Å². The van der Waals surface area contributed by atoms with Gasteiger partial charge in [-0.25, -0.2) is 0 Å². The van der Waals surface area contributed by atoms with E-state index < -0.39 is 5.79 Å². The van der Waals surface area contributed by atoms with E-state index in [1.165, 1.54) is 12.8 Å². The Labute approximate surface area is 137 Å². The fourth-order valence-corrected chi connectivity index (χ4v) is 4.61. The number of fused-ring (bicyclic) bond motifs is 1. The molecule has 2 atom stereocenters. The van der Waals surface area contributed by atoms with Gasteiger partial charge in [-0.05, 0) is 25.2 Å². The van der Waals surface area contributed by atoms with Crippen LogP contribution in [0.15, 0.2) is 0 Å².